The van der Waals surface area contributed by atoms with Gasteiger partial charge in [-0.25, -0.2) is 18.0 Å². The van der Waals surface area contributed by atoms with Crippen LogP contribution in [0.2, 0.25) is 0 Å². The van der Waals surface area contributed by atoms with Crippen molar-refractivity contribution in [1.82, 2.24) is 19.6 Å². The van der Waals surface area contributed by atoms with Gasteiger partial charge in [-0.05, 0) is 49.2 Å². The van der Waals surface area contributed by atoms with Gasteiger partial charge >= 0.3 is 5.69 Å². The Kier molecular flexibility index (Phi) is 4.16. The number of fused-ring (bicyclic) bond motifs is 1. The fourth-order valence-corrected chi connectivity index (χ4v) is 3.35. The Morgan fingerprint density at radius 2 is 1.96 bits per heavy atom. The number of benzene rings is 1. The molecular weight excluding hydrogens is 369 g/mol. The van der Waals surface area contributed by atoms with E-state index < -0.39 is 29.2 Å². The minimum Gasteiger partial charge on any atom is -0.372 e. The number of aromatic amines is 2. The second-order valence-corrected chi connectivity index (χ2v) is 6.40. The third kappa shape index (κ3) is 2.74. The van der Waals surface area contributed by atoms with Crippen molar-refractivity contribution in [2.45, 2.75) is 25.4 Å². The Balaban J connectivity index is 2.05. The number of halogens is 3. The maximum Gasteiger partial charge on any atom is 0.348 e. The predicted molar refractivity (Wildman–Crippen MR) is 88.9 cm³/mol. The quantitative estimate of drug-likeness (QED) is 0.526. The number of rotatable bonds is 2. The first-order valence-corrected chi connectivity index (χ1v) is 8.38. The second kappa shape index (κ2) is 6.36. The Hall–Kier alpha value is -2.46. The van der Waals surface area contributed by atoms with E-state index >= 15 is 0 Å². The van der Waals surface area contributed by atoms with Crippen LogP contribution >= 0.6 is 12.2 Å². The van der Waals surface area contributed by atoms with Crippen LogP contribution in [0.3, 0.4) is 0 Å². The van der Waals surface area contributed by atoms with Crippen LogP contribution in [0.5, 0.6) is 0 Å². The molecule has 4 rings (SSSR count). The molecule has 0 amide bonds. The van der Waals surface area contributed by atoms with Crippen LogP contribution in [0.25, 0.3) is 16.8 Å². The molecule has 1 aliphatic heterocycles. The highest BCUT2D eigenvalue weighted by molar-refractivity contribution is 7.71. The minimum atomic E-state index is -1.56. The molecule has 1 aliphatic rings. The standard InChI is InChI=1S/C16H13F3N4O2S/c17-8-5-7(6-9(18)12(8)19)11-13(10-3-1-2-4-25-10)22-23-14(11)20-15(26)21-16(23)24/h5-6,10,22H,1-4H2,(H,21,24,26). The normalized spacial score (nSPS) is 17.7. The van der Waals surface area contributed by atoms with Gasteiger partial charge < -0.3 is 4.74 Å². The summed E-state index contributed by atoms with van der Waals surface area (Å²) >= 11 is 4.94. The largest absolute Gasteiger partial charge is 0.372 e. The fourth-order valence-electron chi connectivity index (χ4n) is 3.17. The molecule has 6 nitrogen and oxygen atoms in total. The SMILES string of the molecule is O=c1[nH]c(=S)nc2c(-c3cc(F)c(F)c(F)c3)c(C3CCCCO3)[nH]n12. The Bertz CT molecular complexity index is 1090. The summed E-state index contributed by atoms with van der Waals surface area (Å²) in [6.45, 7) is 0.520. The molecule has 0 aliphatic carbocycles. The van der Waals surface area contributed by atoms with Crippen molar-refractivity contribution >= 4 is 17.9 Å². The zero-order valence-electron chi connectivity index (χ0n) is 13.3. The Labute approximate surface area is 149 Å². The monoisotopic (exact) mass is 382 g/mol. The number of hydrogen-bond donors (Lipinski definition) is 2. The zero-order valence-corrected chi connectivity index (χ0v) is 14.1. The summed E-state index contributed by atoms with van der Waals surface area (Å²) in [7, 11) is 0. The predicted octanol–water partition coefficient (Wildman–Crippen LogP) is 3.41. The lowest BCUT2D eigenvalue weighted by molar-refractivity contribution is 0.0125. The fraction of sp³-hybridized carbons (Fsp3) is 0.312. The maximum absolute atomic E-state index is 13.8. The highest BCUT2D eigenvalue weighted by Gasteiger charge is 2.27. The molecule has 0 radical (unpaired) electrons. The summed E-state index contributed by atoms with van der Waals surface area (Å²) in [5.74, 6) is -4.23. The van der Waals surface area contributed by atoms with Gasteiger partial charge in [0.1, 0.15) is 0 Å². The van der Waals surface area contributed by atoms with E-state index in [1.54, 1.807) is 0 Å². The summed E-state index contributed by atoms with van der Waals surface area (Å²) in [4.78, 5) is 18.7. The van der Waals surface area contributed by atoms with E-state index in [-0.39, 0.29) is 21.5 Å². The van der Waals surface area contributed by atoms with E-state index in [0.29, 0.717) is 18.7 Å². The lowest BCUT2D eigenvalue weighted by Crippen LogP contribution is -2.19. The molecule has 3 aromatic rings. The summed E-state index contributed by atoms with van der Waals surface area (Å²) < 4.78 is 47.7. The lowest BCUT2D eigenvalue weighted by atomic mass is 9.98. The van der Waals surface area contributed by atoms with Crippen LogP contribution in [0.4, 0.5) is 13.2 Å². The van der Waals surface area contributed by atoms with Crippen LogP contribution in [0.1, 0.15) is 31.1 Å². The van der Waals surface area contributed by atoms with Crippen LogP contribution in [0.15, 0.2) is 16.9 Å². The molecule has 0 saturated carbocycles. The first-order chi connectivity index (χ1) is 12.5. The molecule has 1 atom stereocenters. The number of ether oxygens (including phenoxy) is 1. The molecular formula is C16H13F3N4O2S. The third-order valence-electron chi connectivity index (χ3n) is 4.34. The van der Waals surface area contributed by atoms with Crippen molar-refractivity contribution in [2.75, 3.05) is 6.61 Å². The molecule has 2 aromatic heterocycles. The van der Waals surface area contributed by atoms with E-state index in [1.807, 2.05) is 0 Å². The molecule has 1 unspecified atom stereocenters. The molecule has 2 N–H and O–H groups in total. The highest BCUT2D eigenvalue weighted by Crippen LogP contribution is 2.37. The van der Waals surface area contributed by atoms with Gasteiger partial charge in [0, 0.05) is 6.61 Å². The topological polar surface area (TPSA) is 75.2 Å². The molecule has 26 heavy (non-hydrogen) atoms. The number of nitrogens with one attached hydrogen (secondary N) is 2. The Morgan fingerprint density at radius 3 is 2.62 bits per heavy atom. The molecule has 1 aromatic carbocycles. The average molecular weight is 382 g/mol. The van der Waals surface area contributed by atoms with Crippen molar-refractivity contribution in [3.8, 4) is 11.1 Å². The van der Waals surface area contributed by atoms with Crippen LogP contribution in [-0.4, -0.2) is 26.2 Å². The lowest BCUT2D eigenvalue weighted by Gasteiger charge is -2.22. The summed E-state index contributed by atoms with van der Waals surface area (Å²) in [5, 5.41) is 2.88. The maximum atomic E-state index is 13.8. The molecule has 0 bridgehead atoms. The number of aromatic nitrogens is 4. The minimum absolute atomic E-state index is 0.0387. The molecule has 10 heteroatoms. The molecule has 0 spiro atoms. The van der Waals surface area contributed by atoms with E-state index in [1.165, 1.54) is 0 Å². The second-order valence-electron chi connectivity index (χ2n) is 6.02. The number of hydrogen-bond acceptors (Lipinski definition) is 4. The van der Waals surface area contributed by atoms with Crippen molar-refractivity contribution in [3.63, 3.8) is 0 Å². The molecule has 1 fully saturated rings. The van der Waals surface area contributed by atoms with Crippen molar-refractivity contribution < 1.29 is 17.9 Å². The zero-order chi connectivity index (χ0) is 18.4. The van der Waals surface area contributed by atoms with Gasteiger partial charge in [-0.3, -0.25) is 10.1 Å². The van der Waals surface area contributed by atoms with E-state index in [9.17, 15) is 18.0 Å². The summed E-state index contributed by atoms with van der Waals surface area (Å²) in [6, 6.07) is 1.72. The first-order valence-electron chi connectivity index (χ1n) is 7.97. The number of nitrogens with zero attached hydrogens (tertiary/aromatic N) is 2. The van der Waals surface area contributed by atoms with Crippen molar-refractivity contribution in [3.05, 3.63) is 50.5 Å². The number of H-pyrrole nitrogens is 2. The molecule has 3 heterocycles. The third-order valence-corrected chi connectivity index (χ3v) is 4.53. The molecule has 1 saturated heterocycles. The van der Waals surface area contributed by atoms with Gasteiger partial charge in [-0.2, -0.15) is 9.50 Å². The first kappa shape index (κ1) is 17.0. The van der Waals surface area contributed by atoms with E-state index in [0.717, 1.165) is 29.5 Å². The van der Waals surface area contributed by atoms with E-state index in [2.05, 4.69) is 15.1 Å². The van der Waals surface area contributed by atoms with Gasteiger partial charge in [-0.1, -0.05) is 0 Å². The van der Waals surface area contributed by atoms with Crippen molar-refractivity contribution in [1.29, 1.82) is 0 Å². The average Bonchev–Trinajstić information content (AvgIpc) is 2.99. The van der Waals surface area contributed by atoms with Crippen LogP contribution < -0.4 is 5.69 Å². The van der Waals surface area contributed by atoms with Gasteiger partial charge in [0.2, 0.25) is 4.77 Å². The van der Waals surface area contributed by atoms with Crippen LogP contribution in [0, 0.1) is 22.2 Å². The van der Waals surface area contributed by atoms with Crippen LogP contribution in [-0.2, 0) is 4.74 Å². The Morgan fingerprint density at radius 1 is 1.23 bits per heavy atom. The van der Waals surface area contributed by atoms with Gasteiger partial charge in [-0.15, -0.1) is 0 Å². The smallest absolute Gasteiger partial charge is 0.348 e. The van der Waals surface area contributed by atoms with Crippen molar-refractivity contribution in [2.24, 2.45) is 0 Å². The summed E-state index contributed by atoms with van der Waals surface area (Å²) in [5.41, 5.74) is 0.247. The van der Waals surface area contributed by atoms with Gasteiger partial charge in [0.25, 0.3) is 0 Å². The van der Waals surface area contributed by atoms with Gasteiger partial charge in [0.05, 0.1) is 17.4 Å². The van der Waals surface area contributed by atoms with E-state index in [4.69, 9.17) is 17.0 Å². The highest BCUT2D eigenvalue weighted by atomic mass is 32.1. The molecule has 136 valence electrons. The summed E-state index contributed by atoms with van der Waals surface area (Å²) in [6.07, 6.45) is 2.04. The van der Waals surface area contributed by atoms with Gasteiger partial charge in [0.15, 0.2) is 23.1 Å².